The van der Waals surface area contributed by atoms with Gasteiger partial charge in [0.15, 0.2) is 11.6 Å². The number of hydrogen-bond acceptors (Lipinski definition) is 3. The van der Waals surface area contributed by atoms with Gasteiger partial charge in [0, 0.05) is 17.8 Å². The molecule has 1 aromatic heterocycles. The molecule has 0 aliphatic rings. The van der Waals surface area contributed by atoms with Crippen LogP contribution in [0.3, 0.4) is 0 Å². The Balaban J connectivity index is 2.51. The maximum Gasteiger partial charge on any atom is 0.161 e. The van der Waals surface area contributed by atoms with Crippen molar-refractivity contribution in [3.63, 3.8) is 0 Å². The molecular formula is C14H10F3N3. The van der Waals surface area contributed by atoms with Crippen LogP contribution >= 0.6 is 0 Å². The molecule has 0 saturated carbocycles. The van der Waals surface area contributed by atoms with Crippen LogP contribution < -0.4 is 5.32 Å². The van der Waals surface area contributed by atoms with E-state index < -0.39 is 17.5 Å². The van der Waals surface area contributed by atoms with E-state index in [9.17, 15) is 13.2 Å². The normalized spacial score (nSPS) is 10.2. The monoisotopic (exact) mass is 277 g/mol. The molecule has 0 radical (unpaired) electrons. The van der Waals surface area contributed by atoms with E-state index in [1.165, 1.54) is 6.07 Å². The standard InChI is InChI=1S/C14H10F3N3/c1-7-3-13(9(6-18)8(2)19-7)20-14-5-11(16)10(15)4-12(14)17/h3-5H,1-2H3,(H,19,20). The summed E-state index contributed by atoms with van der Waals surface area (Å²) in [5, 5.41) is 11.7. The lowest BCUT2D eigenvalue weighted by Crippen LogP contribution is -2.02. The van der Waals surface area contributed by atoms with Gasteiger partial charge in [-0.3, -0.25) is 4.98 Å². The molecule has 0 aliphatic heterocycles. The van der Waals surface area contributed by atoms with E-state index in [4.69, 9.17) is 5.26 Å². The Morgan fingerprint density at radius 3 is 2.30 bits per heavy atom. The van der Waals surface area contributed by atoms with E-state index in [-0.39, 0.29) is 11.3 Å². The first kappa shape index (κ1) is 13.9. The molecule has 20 heavy (non-hydrogen) atoms. The number of hydrogen-bond donors (Lipinski definition) is 1. The van der Waals surface area contributed by atoms with Gasteiger partial charge in [-0.05, 0) is 19.9 Å². The average molecular weight is 277 g/mol. The molecule has 6 heteroatoms. The smallest absolute Gasteiger partial charge is 0.161 e. The van der Waals surface area contributed by atoms with E-state index in [1.54, 1.807) is 13.8 Å². The van der Waals surface area contributed by atoms with Crippen LogP contribution in [0.4, 0.5) is 24.5 Å². The van der Waals surface area contributed by atoms with Crippen LogP contribution in [0.2, 0.25) is 0 Å². The molecule has 0 fully saturated rings. The number of nitrogens with one attached hydrogen (secondary N) is 1. The highest BCUT2D eigenvalue weighted by molar-refractivity contribution is 5.68. The van der Waals surface area contributed by atoms with Crippen LogP contribution in [0.15, 0.2) is 18.2 Å². The second-order valence-corrected chi connectivity index (χ2v) is 4.25. The fraction of sp³-hybridized carbons (Fsp3) is 0.143. The molecule has 0 spiro atoms. The van der Waals surface area contributed by atoms with Crippen LogP contribution in [-0.4, -0.2) is 4.98 Å². The minimum absolute atomic E-state index is 0.222. The summed E-state index contributed by atoms with van der Waals surface area (Å²) in [5.74, 6) is -3.38. The first-order valence-electron chi connectivity index (χ1n) is 5.72. The summed E-state index contributed by atoms with van der Waals surface area (Å²) in [6.45, 7) is 3.35. The van der Waals surface area contributed by atoms with Gasteiger partial charge in [-0.1, -0.05) is 0 Å². The summed E-state index contributed by atoms with van der Waals surface area (Å²) in [6.07, 6.45) is 0. The predicted octanol–water partition coefficient (Wildman–Crippen LogP) is 3.73. The van der Waals surface area contributed by atoms with E-state index in [0.29, 0.717) is 29.2 Å². The highest BCUT2D eigenvalue weighted by Crippen LogP contribution is 2.26. The zero-order valence-corrected chi connectivity index (χ0v) is 10.8. The summed E-state index contributed by atoms with van der Waals surface area (Å²) >= 11 is 0. The van der Waals surface area contributed by atoms with E-state index in [1.807, 2.05) is 6.07 Å². The number of aryl methyl sites for hydroxylation is 2. The molecular weight excluding hydrogens is 267 g/mol. The second kappa shape index (κ2) is 5.21. The van der Waals surface area contributed by atoms with E-state index in [2.05, 4.69) is 10.3 Å². The number of benzene rings is 1. The van der Waals surface area contributed by atoms with Gasteiger partial charge in [-0.2, -0.15) is 5.26 Å². The molecule has 0 atom stereocenters. The summed E-state index contributed by atoms with van der Waals surface area (Å²) < 4.78 is 39.6. The van der Waals surface area contributed by atoms with Gasteiger partial charge in [-0.25, -0.2) is 13.2 Å². The number of aromatic nitrogens is 1. The van der Waals surface area contributed by atoms with Gasteiger partial charge >= 0.3 is 0 Å². The number of nitriles is 1. The molecule has 2 rings (SSSR count). The summed E-state index contributed by atoms with van der Waals surface area (Å²) in [4.78, 5) is 4.11. The highest BCUT2D eigenvalue weighted by atomic mass is 19.2. The van der Waals surface area contributed by atoms with Gasteiger partial charge in [0.2, 0.25) is 0 Å². The Bertz CT molecular complexity index is 721. The highest BCUT2D eigenvalue weighted by Gasteiger charge is 2.13. The molecule has 2 aromatic rings. The molecule has 0 unspecified atom stereocenters. The fourth-order valence-electron chi connectivity index (χ4n) is 1.83. The third kappa shape index (κ3) is 2.57. The lowest BCUT2D eigenvalue weighted by Gasteiger charge is -2.12. The number of nitrogens with zero attached hydrogens (tertiary/aromatic N) is 2. The van der Waals surface area contributed by atoms with Crippen molar-refractivity contribution in [3.05, 3.63) is 52.6 Å². The van der Waals surface area contributed by atoms with Crippen molar-refractivity contribution in [1.29, 1.82) is 5.26 Å². The topological polar surface area (TPSA) is 48.7 Å². The SMILES string of the molecule is Cc1cc(Nc2cc(F)c(F)cc2F)c(C#N)c(C)n1. The van der Waals surface area contributed by atoms with Crippen molar-refractivity contribution in [3.8, 4) is 6.07 Å². The van der Waals surface area contributed by atoms with Crippen LogP contribution in [0.25, 0.3) is 0 Å². The average Bonchev–Trinajstić information content (AvgIpc) is 2.35. The molecule has 0 amide bonds. The van der Waals surface area contributed by atoms with Crippen LogP contribution in [0.1, 0.15) is 17.0 Å². The number of anilines is 2. The Hall–Kier alpha value is -2.55. The Morgan fingerprint density at radius 2 is 1.65 bits per heavy atom. The van der Waals surface area contributed by atoms with Crippen molar-refractivity contribution in [1.82, 2.24) is 4.98 Å². The van der Waals surface area contributed by atoms with Crippen molar-refractivity contribution in [2.24, 2.45) is 0 Å². The lowest BCUT2D eigenvalue weighted by atomic mass is 10.1. The summed E-state index contributed by atoms with van der Waals surface area (Å²) in [6, 6.07) is 4.63. The quantitative estimate of drug-likeness (QED) is 0.851. The first-order chi connectivity index (χ1) is 9.42. The molecule has 3 nitrogen and oxygen atoms in total. The van der Waals surface area contributed by atoms with Crippen molar-refractivity contribution >= 4 is 11.4 Å². The van der Waals surface area contributed by atoms with Gasteiger partial charge in [0.25, 0.3) is 0 Å². The van der Waals surface area contributed by atoms with Gasteiger partial charge in [0.05, 0.1) is 22.6 Å². The van der Waals surface area contributed by atoms with Gasteiger partial charge < -0.3 is 5.32 Å². The Morgan fingerprint density at radius 1 is 1.00 bits per heavy atom. The zero-order chi connectivity index (χ0) is 14.9. The number of pyridine rings is 1. The molecule has 0 aliphatic carbocycles. The van der Waals surface area contributed by atoms with Crippen LogP contribution in [0.5, 0.6) is 0 Å². The number of rotatable bonds is 2. The number of halogens is 3. The van der Waals surface area contributed by atoms with Crippen LogP contribution in [0, 0.1) is 42.6 Å². The lowest BCUT2D eigenvalue weighted by molar-refractivity contribution is 0.496. The van der Waals surface area contributed by atoms with Crippen LogP contribution in [-0.2, 0) is 0 Å². The maximum atomic E-state index is 13.6. The third-order valence-corrected chi connectivity index (χ3v) is 2.72. The maximum absolute atomic E-state index is 13.6. The predicted molar refractivity (Wildman–Crippen MR) is 68.0 cm³/mol. The first-order valence-corrected chi connectivity index (χ1v) is 5.72. The minimum atomic E-state index is -1.27. The van der Waals surface area contributed by atoms with Crippen molar-refractivity contribution < 1.29 is 13.2 Å². The molecule has 1 aromatic carbocycles. The fourth-order valence-corrected chi connectivity index (χ4v) is 1.83. The summed E-state index contributed by atoms with van der Waals surface area (Å²) in [7, 11) is 0. The van der Waals surface area contributed by atoms with Crippen molar-refractivity contribution in [2.45, 2.75) is 13.8 Å². The zero-order valence-electron chi connectivity index (χ0n) is 10.8. The third-order valence-electron chi connectivity index (χ3n) is 2.72. The molecule has 1 heterocycles. The van der Waals surface area contributed by atoms with Crippen molar-refractivity contribution in [2.75, 3.05) is 5.32 Å². The largest absolute Gasteiger partial charge is 0.352 e. The Kier molecular flexibility index (Phi) is 3.61. The van der Waals surface area contributed by atoms with E-state index >= 15 is 0 Å². The minimum Gasteiger partial charge on any atom is -0.352 e. The molecule has 0 saturated heterocycles. The molecule has 1 N–H and O–H groups in total. The van der Waals surface area contributed by atoms with Gasteiger partial charge in [0.1, 0.15) is 11.9 Å². The molecule has 102 valence electrons. The second-order valence-electron chi connectivity index (χ2n) is 4.25. The van der Waals surface area contributed by atoms with Gasteiger partial charge in [-0.15, -0.1) is 0 Å². The molecule has 0 bridgehead atoms. The van der Waals surface area contributed by atoms with E-state index in [0.717, 1.165) is 0 Å². The Labute approximate surface area is 113 Å². The summed E-state index contributed by atoms with van der Waals surface area (Å²) in [5.41, 5.74) is 1.36.